The summed E-state index contributed by atoms with van der Waals surface area (Å²) in [5.74, 6) is 6.43. The Kier molecular flexibility index (Phi) is 6.95. The Bertz CT molecular complexity index is 1090. The van der Waals surface area contributed by atoms with E-state index in [0.29, 0.717) is 5.56 Å². The van der Waals surface area contributed by atoms with Gasteiger partial charge in [0.05, 0.1) is 32.7 Å². The van der Waals surface area contributed by atoms with Gasteiger partial charge in [0.2, 0.25) is 0 Å². The van der Waals surface area contributed by atoms with E-state index >= 15 is 0 Å². The predicted octanol–water partition coefficient (Wildman–Crippen LogP) is 3.14. The average Bonchev–Trinajstić information content (AvgIpc) is 2.84. The van der Waals surface area contributed by atoms with Crippen molar-refractivity contribution in [1.29, 1.82) is 0 Å². The van der Waals surface area contributed by atoms with Gasteiger partial charge >= 0.3 is 0 Å². The Morgan fingerprint density at radius 2 is 1.48 bits per heavy atom. The molecule has 1 N–H and O–H groups in total. The number of rotatable bonds is 4. The molecule has 0 unspecified atom stereocenters. The fourth-order valence-corrected chi connectivity index (χ4v) is 3.73. The van der Waals surface area contributed by atoms with Crippen molar-refractivity contribution >= 4 is 12.0 Å². The van der Waals surface area contributed by atoms with E-state index < -0.39 is 0 Å². The van der Waals surface area contributed by atoms with Gasteiger partial charge in [0, 0.05) is 16.7 Å². The van der Waals surface area contributed by atoms with Crippen LogP contribution in [0.2, 0.25) is 0 Å². The van der Waals surface area contributed by atoms with Crippen LogP contribution in [0, 0.1) is 11.8 Å². The standard InChI is InChI=1S/C28H26N2O/c31-28(27-15-7-13-26(23-27)17-16-25-11-5-2-6-12-25)30-21-19-29(20-22-30)18-8-14-24-9-3-1-4-10-24/h1-15,23H,18-22H2/p+1/b14-8+. The van der Waals surface area contributed by atoms with Crippen LogP contribution in [-0.2, 0) is 0 Å². The Hall–Kier alpha value is -3.61. The average molecular weight is 408 g/mol. The van der Waals surface area contributed by atoms with Crippen LogP contribution >= 0.6 is 0 Å². The molecule has 0 atom stereocenters. The summed E-state index contributed by atoms with van der Waals surface area (Å²) in [5.41, 5.74) is 3.78. The zero-order valence-electron chi connectivity index (χ0n) is 17.6. The summed E-state index contributed by atoms with van der Waals surface area (Å²) in [7, 11) is 0. The normalized spacial score (nSPS) is 14.3. The first-order valence-electron chi connectivity index (χ1n) is 10.8. The number of hydrogen-bond donors (Lipinski definition) is 1. The van der Waals surface area contributed by atoms with Gasteiger partial charge in [-0.2, -0.15) is 0 Å². The predicted molar refractivity (Wildman–Crippen MR) is 126 cm³/mol. The van der Waals surface area contributed by atoms with Crippen molar-refractivity contribution in [2.75, 3.05) is 32.7 Å². The Morgan fingerprint density at radius 1 is 0.839 bits per heavy atom. The van der Waals surface area contributed by atoms with Crippen molar-refractivity contribution in [2.45, 2.75) is 0 Å². The van der Waals surface area contributed by atoms with E-state index in [1.807, 2.05) is 65.6 Å². The van der Waals surface area contributed by atoms with Crippen molar-refractivity contribution in [2.24, 2.45) is 0 Å². The van der Waals surface area contributed by atoms with Crippen LogP contribution in [-0.4, -0.2) is 43.5 Å². The lowest BCUT2D eigenvalue weighted by Gasteiger charge is -2.31. The molecule has 1 aliphatic heterocycles. The minimum Gasteiger partial charge on any atom is -0.329 e. The van der Waals surface area contributed by atoms with Crippen molar-refractivity contribution < 1.29 is 9.69 Å². The maximum absolute atomic E-state index is 13.0. The number of nitrogens with one attached hydrogen (secondary N) is 1. The molecule has 4 rings (SSSR count). The second-order valence-corrected chi connectivity index (χ2v) is 7.76. The zero-order chi connectivity index (χ0) is 21.3. The molecule has 3 heteroatoms. The lowest BCUT2D eigenvalue weighted by Crippen LogP contribution is -3.14. The summed E-state index contributed by atoms with van der Waals surface area (Å²) in [6.45, 7) is 4.50. The van der Waals surface area contributed by atoms with Gasteiger partial charge in [-0.25, -0.2) is 0 Å². The summed E-state index contributed by atoms with van der Waals surface area (Å²) in [6.07, 6.45) is 4.41. The maximum Gasteiger partial charge on any atom is 0.254 e. The molecule has 0 aromatic heterocycles. The fraction of sp³-hybridized carbons (Fsp3) is 0.179. The van der Waals surface area contributed by atoms with Gasteiger partial charge in [-0.3, -0.25) is 4.79 Å². The quantitative estimate of drug-likeness (QED) is 0.661. The first-order chi connectivity index (χ1) is 15.3. The minimum atomic E-state index is 0.0993. The molecule has 1 fully saturated rings. The number of quaternary nitrogens is 1. The fourth-order valence-electron chi connectivity index (χ4n) is 3.73. The first-order valence-corrected chi connectivity index (χ1v) is 10.8. The molecule has 3 aromatic rings. The second-order valence-electron chi connectivity index (χ2n) is 7.76. The highest BCUT2D eigenvalue weighted by molar-refractivity contribution is 5.94. The highest BCUT2D eigenvalue weighted by Crippen LogP contribution is 2.09. The van der Waals surface area contributed by atoms with Gasteiger partial charge in [-0.05, 0) is 42.0 Å². The van der Waals surface area contributed by atoms with Crippen LogP contribution in [0.5, 0.6) is 0 Å². The Balaban J connectivity index is 1.31. The van der Waals surface area contributed by atoms with Crippen molar-refractivity contribution in [1.82, 2.24) is 4.90 Å². The van der Waals surface area contributed by atoms with Crippen LogP contribution in [0.15, 0.2) is 91.0 Å². The molecule has 0 saturated carbocycles. The van der Waals surface area contributed by atoms with E-state index in [0.717, 1.165) is 43.9 Å². The zero-order valence-corrected chi connectivity index (χ0v) is 17.6. The van der Waals surface area contributed by atoms with E-state index in [9.17, 15) is 4.79 Å². The summed E-state index contributed by atoms with van der Waals surface area (Å²) in [6, 6.07) is 27.9. The lowest BCUT2D eigenvalue weighted by atomic mass is 10.1. The van der Waals surface area contributed by atoms with Gasteiger partial charge in [-0.15, -0.1) is 0 Å². The third-order valence-corrected chi connectivity index (χ3v) is 5.51. The van der Waals surface area contributed by atoms with Crippen molar-refractivity contribution in [3.63, 3.8) is 0 Å². The van der Waals surface area contributed by atoms with Crippen LogP contribution < -0.4 is 4.90 Å². The lowest BCUT2D eigenvalue weighted by molar-refractivity contribution is -0.898. The molecule has 154 valence electrons. The number of nitrogens with zero attached hydrogens (tertiary/aromatic N) is 1. The molecule has 31 heavy (non-hydrogen) atoms. The molecule has 0 spiro atoms. The Labute approximate surface area is 184 Å². The molecule has 1 amide bonds. The van der Waals surface area contributed by atoms with E-state index in [4.69, 9.17) is 0 Å². The van der Waals surface area contributed by atoms with E-state index in [1.54, 1.807) is 0 Å². The number of carbonyl (C=O) groups is 1. The third kappa shape index (κ3) is 5.94. The van der Waals surface area contributed by atoms with E-state index in [-0.39, 0.29) is 5.91 Å². The van der Waals surface area contributed by atoms with Gasteiger partial charge in [0.1, 0.15) is 0 Å². The van der Waals surface area contributed by atoms with E-state index in [2.05, 4.69) is 48.3 Å². The van der Waals surface area contributed by atoms with Crippen LogP contribution in [0.4, 0.5) is 0 Å². The molecule has 0 radical (unpaired) electrons. The minimum absolute atomic E-state index is 0.0993. The number of carbonyl (C=O) groups excluding carboxylic acids is 1. The van der Waals surface area contributed by atoms with Gasteiger partial charge in [-0.1, -0.05) is 72.5 Å². The van der Waals surface area contributed by atoms with Crippen molar-refractivity contribution in [3.05, 3.63) is 113 Å². The van der Waals surface area contributed by atoms with E-state index in [1.165, 1.54) is 10.5 Å². The highest BCUT2D eigenvalue weighted by atomic mass is 16.2. The van der Waals surface area contributed by atoms with Gasteiger partial charge < -0.3 is 9.80 Å². The molecule has 3 nitrogen and oxygen atoms in total. The highest BCUT2D eigenvalue weighted by Gasteiger charge is 2.23. The summed E-state index contributed by atoms with van der Waals surface area (Å²) >= 11 is 0. The third-order valence-electron chi connectivity index (χ3n) is 5.51. The second kappa shape index (κ2) is 10.4. The summed E-state index contributed by atoms with van der Waals surface area (Å²) in [4.78, 5) is 16.5. The summed E-state index contributed by atoms with van der Waals surface area (Å²) < 4.78 is 0. The number of hydrogen-bond acceptors (Lipinski definition) is 1. The topological polar surface area (TPSA) is 24.8 Å². The first kappa shape index (κ1) is 20.7. The molecule has 0 bridgehead atoms. The van der Waals surface area contributed by atoms with Crippen LogP contribution in [0.1, 0.15) is 27.0 Å². The van der Waals surface area contributed by atoms with Crippen LogP contribution in [0.25, 0.3) is 6.08 Å². The largest absolute Gasteiger partial charge is 0.329 e. The number of amides is 1. The molecular weight excluding hydrogens is 380 g/mol. The van der Waals surface area contributed by atoms with Crippen LogP contribution in [0.3, 0.4) is 0 Å². The molecule has 1 heterocycles. The SMILES string of the molecule is O=C(c1cccc(C#Cc2ccccc2)c1)N1CC[NH+](C/C=C/c2ccccc2)CC1. The molecule has 1 aliphatic rings. The molecule has 3 aromatic carbocycles. The van der Waals surface area contributed by atoms with Gasteiger partial charge in [0.25, 0.3) is 5.91 Å². The number of benzene rings is 3. The molecular formula is C28H27N2O+. The van der Waals surface area contributed by atoms with Gasteiger partial charge in [0.15, 0.2) is 0 Å². The van der Waals surface area contributed by atoms with Crippen molar-refractivity contribution in [3.8, 4) is 11.8 Å². The Morgan fingerprint density at radius 3 is 2.23 bits per heavy atom. The monoisotopic (exact) mass is 407 g/mol. The molecule has 1 saturated heterocycles. The molecule has 0 aliphatic carbocycles. The maximum atomic E-state index is 13.0. The smallest absolute Gasteiger partial charge is 0.254 e. The number of piperazine rings is 1. The summed E-state index contributed by atoms with van der Waals surface area (Å²) in [5, 5.41) is 0.